The molecule has 0 saturated carbocycles. The van der Waals surface area contributed by atoms with Gasteiger partial charge < -0.3 is 15.2 Å². The monoisotopic (exact) mass is 258 g/mol. The van der Waals surface area contributed by atoms with E-state index in [0.29, 0.717) is 6.61 Å². The fourth-order valence-electron chi connectivity index (χ4n) is 1.74. The van der Waals surface area contributed by atoms with Gasteiger partial charge in [0.25, 0.3) is 0 Å². The van der Waals surface area contributed by atoms with Crippen molar-refractivity contribution in [2.24, 2.45) is 0 Å². The quantitative estimate of drug-likeness (QED) is 0.836. The third-order valence-electron chi connectivity index (χ3n) is 2.67. The maximum absolute atomic E-state index is 9.07. The summed E-state index contributed by atoms with van der Waals surface area (Å²) in [5.74, 6) is 1.61. The topological polar surface area (TPSA) is 54.4 Å². The van der Waals surface area contributed by atoms with Gasteiger partial charge in [-0.2, -0.15) is 0 Å². The van der Waals surface area contributed by atoms with Crippen LogP contribution in [0.5, 0.6) is 5.75 Å². The zero-order valence-electron chi connectivity index (χ0n) is 11.0. The highest BCUT2D eigenvalue weighted by Crippen LogP contribution is 2.16. The van der Waals surface area contributed by atoms with Crippen LogP contribution in [0.1, 0.15) is 18.1 Å². The molecule has 0 unspecified atom stereocenters. The lowest BCUT2D eigenvalue weighted by molar-refractivity contribution is 0.278. The van der Waals surface area contributed by atoms with Crippen molar-refractivity contribution in [2.45, 2.75) is 20.1 Å². The lowest BCUT2D eigenvalue weighted by Crippen LogP contribution is -2.01. The molecule has 0 saturated heterocycles. The minimum absolute atomic E-state index is 0.0248. The van der Waals surface area contributed by atoms with Crippen LogP contribution in [0.2, 0.25) is 0 Å². The molecular formula is C15H18N2O2. The first-order chi connectivity index (χ1) is 9.31. The van der Waals surface area contributed by atoms with Gasteiger partial charge in [-0.1, -0.05) is 12.1 Å². The Labute approximate surface area is 113 Å². The van der Waals surface area contributed by atoms with E-state index in [1.807, 2.05) is 43.3 Å². The third-order valence-corrected chi connectivity index (χ3v) is 2.67. The zero-order valence-corrected chi connectivity index (χ0v) is 11.0. The van der Waals surface area contributed by atoms with Gasteiger partial charge >= 0.3 is 0 Å². The summed E-state index contributed by atoms with van der Waals surface area (Å²) < 4.78 is 5.70. The molecule has 0 radical (unpaired) electrons. The molecule has 0 aliphatic rings. The van der Waals surface area contributed by atoms with Crippen molar-refractivity contribution in [3.63, 3.8) is 0 Å². The second-order valence-corrected chi connectivity index (χ2v) is 4.17. The lowest BCUT2D eigenvalue weighted by Gasteiger charge is -2.08. The van der Waals surface area contributed by atoms with Gasteiger partial charge in [0.15, 0.2) is 0 Å². The second-order valence-electron chi connectivity index (χ2n) is 4.17. The van der Waals surface area contributed by atoms with E-state index in [0.717, 1.165) is 29.2 Å². The predicted octanol–water partition coefficient (Wildman–Crippen LogP) is 2.58. The summed E-state index contributed by atoms with van der Waals surface area (Å²) in [6, 6.07) is 11.4. The molecule has 0 atom stereocenters. The van der Waals surface area contributed by atoms with Crippen LogP contribution in [0.25, 0.3) is 0 Å². The standard InChI is InChI=1S/C15H18N2O2/c1-2-16-15-9-13(6-7-17-15)11-19-14-5-3-4-12(8-14)10-18/h3-9,18H,2,10-11H2,1H3,(H,16,17). The molecule has 0 fully saturated rings. The molecule has 4 nitrogen and oxygen atoms in total. The highest BCUT2D eigenvalue weighted by molar-refractivity contribution is 5.37. The summed E-state index contributed by atoms with van der Waals surface area (Å²) >= 11 is 0. The van der Waals surface area contributed by atoms with E-state index in [2.05, 4.69) is 10.3 Å². The minimum atomic E-state index is 0.0248. The number of hydrogen-bond acceptors (Lipinski definition) is 4. The second kappa shape index (κ2) is 6.75. The van der Waals surface area contributed by atoms with Crippen LogP contribution in [0.3, 0.4) is 0 Å². The van der Waals surface area contributed by atoms with Gasteiger partial charge in [0, 0.05) is 12.7 Å². The van der Waals surface area contributed by atoms with Crippen molar-refractivity contribution < 1.29 is 9.84 Å². The molecule has 19 heavy (non-hydrogen) atoms. The molecule has 2 N–H and O–H groups in total. The number of hydrogen-bond donors (Lipinski definition) is 2. The van der Waals surface area contributed by atoms with Crippen LogP contribution in [0.15, 0.2) is 42.6 Å². The van der Waals surface area contributed by atoms with E-state index in [9.17, 15) is 0 Å². The van der Waals surface area contributed by atoms with Crippen LogP contribution in [0.4, 0.5) is 5.82 Å². The Morgan fingerprint density at radius 2 is 2.11 bits per heavy atom. The minimum Gasteiger partial charge on any atom is -0.489 e. The average molecular weight is 258 g/mol. The van der Waals surface area contributed by atoms with E-state index in [4.69, 9.17) is 9.84 Å². The van der Waals surface area contributed by atoms with Gasteiger partial charge in [0.2, 0.25) is 0 Å². The first-order valence-electron chi connectivity index (χ1n) is 6.33. The van der Waals surface area contributed by atoms with Gasteiger partial charge in [0.1, 0.15) is 18.2 Å². The molecule has 0 spiro atoms. The molecule has 0 amide bonds. The van der Waals surface area contributed by atoms with Crippen molar-refractivity contribution in [1.82, 2.24) is 4.98 Å². The summed E-state index contributed by atoms with van der Waals surface area (Å²) in [6.45, 7) is 3.38. The number of pyridine rings is 1. The fourth-order valence-corrected chi connectivity index (χ4v) is 1.74. The van der Waals surface area contributed by atoms with Gasteiger partial charge in [-0.3, -0.25) is 0 Å². The molecular weight excluding hydrogens is 240 g/mol. The Balaban J connectivity index is 1.99. The maximum Gasteiger partial charge on any atom is 0.126 e. The highest BCUT2D eigenvalue weighted by atomic mass is 16.5. The molecule has 4 heteroatoms. The molecule has 1 aromatic carbocycles. The summed E-state index contributed by atoms with van der Waals surface area (Å²) in [5.41, 5.74) is 1.90. The van der Waals surface area contributed by atoms with Crippen molar-refractivity contribution in [2.75, 3.05) is 11.9 Å². The zero-order chi connectivity index (χ0) is 13.5. The number of aromatic nitrogens is 1. The molecule has 2 aromatic rings. The number of ether oxygens (including phenoxy) is 1. The Bertz CT molecular complexity index is 529. The van der Waals surface area contributed by atoms with Gasteiger partial charge in [-0.15, -0.1) is 0 Å². The van der Waals surface area contributed by atoms with Crippen LogP contribution < -0.4 is 10.1 Å². The number of aliphatic hydroxyl groups is 1. The van der Waals surface area contributed by atoms with Crippen molar-refractivity contribution in [3.8, 4) is 5.75 Å². The van der Waals surface area contributed by atoms with Crippen LogP contribution in [0, 0.1) is 0 Å². The Morgan fingerprint density at radius 3 is 2.89 bits per heavy atom. The third kappa shape index (κ3) is 3.96. The molecule has 100 valence electrons. The van der Waals surface area contributed by atoms with E-state index >= 15 is 0 Å². The molecule has 0 aliphatic carbocycles. The summed E-state index contributed by atoms with van der Waals surface area (Å²) in [5, 5.41) is 12.2. The van der Waals surface area contributed by atoms with Gasteiger partial charge in [0.05, 0.1) is 6.61 Å². The number of nitrogens with one attached hydrogen (secondary N) is 1. The van der Waals surface area contributed by atoms with Crippen LogP contribution >= 0.6 is 0 Å². The van der Waals surface area contributed by atoms with E-state index < -0.39 is 0 Å². The largest absolute Gasteiger partial charge is 0.489 e. The highest BCUT2D eigenvalue weighted by Gasteiger charge is 1.99. The van der Waals surface area contributed by atoms with Crippen molar-refractivity contribution in [3.05, 3.63) is 53.7 Å². The first kappa shape index (κ1) is 13.4. The summed E-state index contributed by atoms with van der Waals surface area (Å²) in [4.78, 5) is 4.21. The number of aliphatic hydroxyl groups excluding tert-OH is 1. The predicted molar refractivity (Wildman–Crippen MR) is 75.1 cm³/mol. The van der Waals surface area contributed by atoms with Crippen molar-refractivity contribution in [1.29, 1.82) is 0 Å². The number of anilines is 1. The summed E-state index contributed by atoms with van der Waals surface area (Å²) in [6.07, 6.45) is 1.76. The van der Waals surface area contributed by atoms with Gasteiger partial charge in [-0.25, -0.2) is 4.98 Å². The Hall–Kier alpha value is -2.07. The lowest BCUT2D eigenvalue weighted by atomic mass is 10.2. The number of benzene rings is 1. The SMILES string of the molecule is CCNc1cc(COc2cccc(CO)c2)ccn1. The average Bonchev–Trinajstić information content (AvgIpc) is 2.46. The first-order valence-corrected chi connectivity index (χ1v) is 6.33. The Kier molecular flexibility index (Phi) is 4.75. The molecule has 0 aliphatic heterocycles. The van der Waals surface area contributed by atoms with E-state index in [1.54, 1.807) is 6.20 Å². The normalized spacial score (nSPS) is 10.2. The van der Waals surface area contributed by atoms with E-state index in [-0.39, 0.29) is 6.61 Å². The maximum atomic E-state index is 9.07. The molecule has 1 aromatic heterocycles. The number of rotatable bonds is 6. The van der Waals surface area contributed by atoms with Crippen molar-refractivity contribution >= 4 is 5.82 Å². The van der Waals surface area contributed by atoms with E-state index in [1.165, 1.54) is 0 Å². The fraction of sp³-hybridized carbons (Fsp3) is 0.267. The molecule has 1 heterocycles. The summed E-state index contributed by atoms with van der Waals surface area (Å²) in [7, 11) is 0. The van der Waals surface area contributed by atoms with Gasteiger partial charge in [-0.05, 0) is 42.3 Å². The van der Waals surface area contributed by atoms with Crippen LogP contribution in [-0.2, 0) is 13.2 Å². The molecule has 0 bridgehead atoms. The number of nitrogens with zero attached hydrogens (tertiary/aromatic N) is 1. The smallest absolute Gasteiger partial charge is 0.126 e. The van der Waals surface area contributed by atoms with Crippen LogP contribution in [-0.4, -0.2) is 16.6 Å². The molecule has 2 rings (SSSR count). The Morgan fingerprint density at radius 1 is 1.21 bits per heavy atom.